The van der Waals surface area contributed by atoms with E-state index < -0.39 is 23.6 Å². The molecule has 0 unspecified atom stereocenters. The second-order valence-electron chi connectivity index (χ2n) is 5.86. The van der Waals surface area contributed by atoms with Crippen LogP contribution in [0.1, 0.15) is 30.4 Å². The largest absolute Gasteiger partial charge is 0.478 e. The van der Waals surface area contributed by atoms with Crippen LogP contribution < -0.4 is 5.32 Å². The third-order valence-corrected chi connectivity index (χ3v) is 3.60. The Balaban J connectivity index is 2.66. The normalized spacial score (nSPS) is 12.2. The fraction of sp³-hybridized carbons (Fsp3) is 0.421. The van der Waals surface area contributed by atoms with Crippen LogP contribution in [0.25, 0.3) is 0 Å². The van der Waals surface area contributed by atoms with E-state index in [-0.39, 0.29) is 13.2 Å². The summed E-state index contributed by atoms with van der Waals surface area (Å²) in [5.74, 6) is -1.84. The molecule has 0 aliphatic heterocycles. The van der Waals surface area contributed by atoms with Crippen molar-refractivity contribution in [2.24, 2.45) is 5.16 Å². The zero-order valence-corrected chi connectivity index (χ0v) is 15.9. The Kier molecular flexibility index (Phi) is 10.5. The highest BCUT2D eigenvalue weighted by atomic mass is 19.4. The van der Waals surface area contributed by atoms with E-state index in [2.05, 4.69) is 10.5 Å². The SMILES string of the molecule is COCCCC/C(=N\OCCNC(=O)/C=C/C(=O)O)c1ccc(C(F)(F)F)cc1. The van der Waals surface area contributed by atoms with Gasteiger partial charge in [0, 0.05) is 25.9 Å². The van der Waals surface area contributed by atoms with Gasteiger partial charge in [-0.25, -0.2) is 4.79 Å². The van der Waals surface area contributed by atoms with Crippen molar-refractivity contribution in [2.45, 2.75) is 25.4 Å². The van der Waals surface area contributed by atoms with Crippen molar-refractivity contribution < 1.29 is 37.4 Å². The van der Waals surface area contributed by atoms with Gasteiger partial charge in [-0.1, -0.05) is 17.3 Å². The van der Waals surface area contributed by atoms with Crippen molar-refractivity contribution in [1.82, 2.24) is 5.32 Å². The number of hydrogen-bond donors (Lipinski definition) is 2. The zero-order valence-electron chi connectivity index (χ0n) is 15.9. The molecule has 10 heteroatoms. The number of nitrogens with one attached hydrogen (secondary N) is 1. The fourth-order valence-corrected chi connectivity index (χ4v) is 2.18. The molecule has 29 heavy (non-hydrogen) atoms. The van der Waals surface area contributed by atoms with Crippen molar-refractivity contribution >= 4 is 17.6 Å². The van der Waals surface area contributed by atoms with E-state index in [0.717, 1.165) is 24.6 Å². The predicted molar refractivity (Wildman–Crippen MR) is 99.4 cm³/mol. The van der Waals surface area contributed by atoms with Gasteiger partial charge in [0.15, 0.2) is 0 Å². The summed E-state index contributed by atoms with van der Waals surface area (Å²) in [6.45, 7) is 0.641. The Morgan fingerprint density at radius 3 is 2.41 bits per heavy atom. The number of alkyl halides is 3. The van der Waals surface area contributed by atoms with Crippen LogP contribution in [0, 0.1) is 0 Å². The van der Waals surface area contributed by atoms with Crippen LogP contribution in [0.4, 0.5) is 13.2 Å². The van der Waals surface area contributed by atoms with E-state index in [1.54, 1.807) is 7.11 Å². The Hall–Kier alpha value is -2.88. The third-order valence-electron chi connectivity index (χ3n) is 3.60. The number of aliphatic carboxylic acids is 1. The highest BCUT2D eigenvalue weighted by molar-refractivity contribution is 6.00. The number of carboxylic acid groups (broad SMARTS) is 1. The quantitative estimate of drug-likeness (QED) is 0.236. The number of unbranched alkanes of at least 4 members (excludes halogenated alkanes) is 1. The van der Waals surface area contributed by atoms with Crippen molar-refractivity contribution in [3.05, 3.63) is 47.5 Å². The van der Waals surface area contributed by atoms with Gasteiger partial charge in [0.05, 0.1) is 17.8 Å². The standard InChI is InChI=1S/C19H23F3N2O5/c1-28-12-3-2-4-16(14-5-7-15(8-6-14)19(20,21)22)24-29-13-11-23-17(25)9-10-18(26)27/h5-10H,2-4,11-13H2,1H3,(H,23,25)(H,26,27)/b10-9+,24-16+. The van der Waals surface area contributed by atoms with E-state index in [1.165, 1.54) is 12.1 Å². The number of benzene rings is 1. The van der Waals surface area contributed by atoms with Gasteiger partial charge in [0.1, 0.15) is 6.61 Å². The highest BCUT2D eigenvalue weighted by Crippen LogP contribution is 2.29. The summed E-state index contributed by atoms with van der Waals surface area (Å²) in [6.07, 6.45) is -0.914. The maximum Gasteiger partial charge on any atom is 0.416 e. The average Bonchev–Trinajstić information content (AvgIpc) is 2.67. The van der Waals surface area contributed by atoms with Gasteiger partial charge in [-0.3, -0.25) is 4.79 Å². The number of halogens is 3. The number of methoxy groups -OCH3 is 1. The van der Waals surface area contributed by atoms with E-state index in [1.807, 2.05) is 0 Å². The molecule has 0 spiro atoms. The first-order valence-corrected chi connectivity index (χ1v) is 8.78. The van der Waals surface area contributed by atoms with Crippen molar-refractivity contribution in [1.29, 1.82) is 0 Å². The van der Waals surface area contributed by atoms with Crippen LogP contribution in [-0.2, 0) is 25.3 Å². The maximum absolute atomic E-state index is 12.7. The number of carboxylic acids is 1. The lowest BCUT2D eigenvalue weighted by molar-refractivity contribution is -0.137. The lowest BCUT2D eigenvalue weighted by atomic mass is 10.0. The van der Waals surface area contributed by atoms with Crippen molar-refractivity contribution in [2.75, 3.05) is 26.9 Å². The molecule has 1 amide bonds. The molecule has 0 radical (unpaired) electrons. The number of carbonyl (C=O) groups excluding carboxylic acids is 1. The van der Waals surface area contributed by atoms with E-state index in [4.69, 9.17) is 14.7 Å². The Morgan fingerprint density at radius 1 is 1.14 bits per heavy atom. The predicted octanol–water partition coefficient (Wildman–Crippen LogP) is 3.00. The summed E-state index contributed by atoms with van der Waals surface area (Å²) < 4.78 is 43.1. The first-order chi connectivity index (χ1) is 13.7. The number of hydrogen-bond acceptors (Lipinski definition) is 5. The molecular formula is C19H23F3N2O5. The summed E-state index contributed by atoms with van der Waals surface area (Å²) in [7, 11) is 1.58. The topological polar surface area (TPSA) is 97.2 Å². The number of amides is 1. The first-order valence-electron chi connectivity index (χ1n) is 8.78. The second kappa shape index (κ2) is 12.6. The molecule has 0 atom stereocenters. The van der Waals surface area contributed by atoms with Crippen LogP contribution in [0.3, 0.4) is 0 Å². The van der Waals surface area contributed by atoms with Crippen LogP contribution in [0.5, 0.6) is 0 Å². The summed E-state index contributed by atoms with van der Waals surface area (Å²) in [5, 5.41) is 14.8. The number of ether oxygens (including phenoxy) is 1. The van der Waals surface area contributed by atoms with Gasteiger partial charge in [-0.2, -0.15) is 13.2 Å². The van der Waals surface area contributed by atoms with Gasteiger partial charge in [0.25, 0.3) is 0 Å². The lowest BCUT2D eigenvalue weighted by Crippen LogP contribution is -2.25. The number of oxime groups is 1. The van der Waals surface area contributed by atoms with Gasteiger partial charge < -0.3 is 20.0 Å². The summed E-state index contributed by atoms with van der Waals surface area (Å²) in [5.41, 5.74) is 0.230. The minimum atomic E-state index is -4.42. The number of carbonyl (C=O) groups is 2. The second-order valence-corrected chi connectivity index (χ2v) is 5.86. The van der Waals surface area contributed by atoms with Crippen molar-refractivity contribution in [3.63, 3.8) is 0 Å². The molecule has 160 valence electrons. The minimum absolute atomic E-state index is 0.00879. The molecule has 1 aromatic carbocycles. The minimum Gasteiger partial charge on any atom is -0.478 e. The summed E-state index contributed by atoms with van der Waals surface area (Å²) >= 11 is 0. The summed E-state index contributed by atoms with van der Waals surface area (Å²) in [4.78, 5) is 26.8. The molecular weight excluding hydrogens is 393 g/mol. The number of rotatable bonds is 12. The van der Waals surface area contributed by atoms with Crippen molar-refractivity contribution in [3.8, 4) is 0 Å². The van der Waals surface area contributed by atoms with E-state index >= 15 is 0 Å². The smallest absolute Gasteiger partial charge is 0.416 e. The molecule has 0 aliphatic rings. The van der Waals surface area contributed by atoms with E-state index in [0.29, 0.717) is 36.8 Å². The molecule has 2 N–H and O–H groups in total. The lowest BCUT2D eigenvalue weighted by Gasteiger charge is -2.10. The Morgan fingerprint density at radius 2 is 1.83 bits per heavy atom. The molecule has 1 aromatic rings. The van der Waals surface area contributed by atoms with Gasteiger partial charge in [-0.05, 0) is 37.0 Å². The Labute approximate surface area is 166 Å². The molecule has 0 bridgehead atoms. The third kappa shape index (κ3) is 10.3. The fourth-order valence-electron chi connectivity index (χ4n) is 2.18. The Bertz CT molecular complexity index is 716. The molecule has 0 aliphatic carbocycles. The average molecular weight is 416 g/mol. The molecule has 1 rings (SSSR count). The monoisotopic (exact) mass is 416 g/mol. The number of nitrogens with zero attached hydrogens (tertiary/aromatic N) is 1. The van der Waals surface area contributed by atoms with Gasteiger partial charge >= 0.3 is 12.1 Å². The van der Waals surface area contributed by atoms with Crippen LogP contribution in [0.2, 0.25) is 0 Å². The molecule has 0 saturated heterocycles. The van der Waals surface area contributed by atoms with Crippen LogP contribution in [0.15, 0.2) is 41.6 Å². The molecule has 0 fully saturated rings. The van der Waals surface area contributed by atoms with Gasteiger partial charge in [-0.15, -0.1) is 0 Å². The first kappa shape index (κ1) is 24.2. The molecule has 0 saturated carbocycles. The summed E-state index contributed by atoms with van der Waals surface area (Å²) in [6, 6.07) is 4.63. The van der Waals surface area contributed by atoms with Crippen LogP contribution in [-0.4, -0.2) is 49.6 Å². The van der Waals surface area contributed by atoms with Gasteiger partial charge in [0.2, 0.25) is 5.91 Å². The highest BCUT2D eigenvalue weighted by Gasteiger charge is 2.30. The molecule has 7 nitrogen and oxygen atoms in total. The van der Waals surface area contributed by atoms with Crippen LogP contribution >= 0.6 is 0 Å². The maximum atomic E-state index is 12.7. The zero-order chi connectivity index (χ0) is 21.7. The molecule has 0 heterocycles. The molecule has 0 aromatic heterocycles. The van der Waals surface area contributed by atoms with E-state index in [9.17, 15) is 22.8 Å².